The van der Waals surface area contributed by atoms with E-state index in [0.717, 1.165) is 18.9 Å². The Balaban J connectivity index is 1.83. The molecule has 0 bridgehead atoms. The Kier molecular flexibility index (Phi) is 2.50. The number of hydrogen-bond acceptors (Lipinski definition) is 2. The summed E-state index contributed by atoms with van der Waals surface area (Å²) in [4.78, 5) is 0. The molecule has 1 heterocycles. The molecular weight excluding hydrogens is 162 g/mol. The molecule has 1 atom stereocenters. The van der Waals surface area contributed by atoms with Gasteiger partial charge in [0.15, 0.2) is 0 Å². The standard InChI is InChI=1S/C11H15NO/c1-9-2-4-11(5-3-9)13-8-10-6-7-12-10/h2-5,10,12H,6-8H2,1H3. The topological polar surface area (TPSA) is 21.3 Å². The highest BCUT2D eigenvalue weighted by Crippen LogP contribution is 2.12. The minimum Gasteiger partial charge on any atom is -0.492 e. The van der Waals surface area contributed by atoms with Gasteiger partial charge >= 0.3 is 0 Å². The smallest absolute Gasteiger partial charge is 0.119 e. The van der Waals surface area contributed by atoms with E-state index in [9.17, 15) is 0 Å². The average molecular weight is 177 g/mol. The molecule has 1 N–H and O–H groups in total. The molecule has 2 heteroatoms. The van der Waals surface area contributed by atoms with E-state index in [2.05, 4.69) is 24.4 Å². The predicted octanol–water partition coefficient (Wildman–Crippen LogP) is 1.74. The van der Waals surface area contributed by atoms with Crippen LogP contribution >= 0.6 is 0 Å². The first-order chi connectivity index (χ1) is 6.34. The first kappa shape index (κ1) is 8.57. The molecule has 13 heavy (non-hydrogen) atoms. The molecule has 2 nitrogen and oxygen atoms in total. The zero-order valence-electron chi connectivity index (χ0n) is 7.92. The normalized spacial score (nSPS) is 20.8. The monoisotopic (exact) mass is 177 g/mol. The molecule has 0 spiro atoms. The summed E-state index contributed by atoms with van der Waals surface area (Å²) < 4.78 is 5.60. The van der Waals surface area contributed by atoms with Crippen molar-refractivity contribution in [2.24, 2.45) is 0 Å². The highest BCUT2D eigenvalue weighted by atomic mass is 16.5. The number of ether oxygens (including phenoxy) is 1. The highest BCUT2D eigenvalue weighted by molar-refractivity contribution is 5.26. The van der Waals surface area contributed by atoms with Crippen LogP contribution in [0.1, 0.15) is 12.0 Å². The predicted molar refractivity (Wildman–Crippen MR) is 53.1 cm³/mol. The Bertz CT molecular complexity index is 264. The highest BCUT2D eigenvalue weighted by Gasteiger charge is 2.16. The molecule has 1 aliphatic rings. The largest absolute Gasteiger partial charge is 0.492 e. The van der Waals surface area contributed by atoms with E-state index in [0.29, 0.717) is 6.04 Å². The van der Waals surface area contributed by atoms with Gasteiger partial charge in [-0.15, -0.1) is 0 Å². The van der Waals surface area contributed by atoms with Crippen LogP contribution in [0.4, 0.5) is 0 Å². The molecule has 1 aliphatic heterocycles. The maximum atomic E-state index is 5.60. The van der Waals surface area contributed by atoms with Crippen LogP contribution in [0, 0.1) is 6.92 Å². The quantitative estimate of drug-likeness (QED) is 0.759. The fourth-order valence-corrected chi connectivity index (χ4v) is 1.32. The van der Waals surface area contributed by atoms with Crippen molar-refractivity contribution in [2.45, 2.75) is 19.4 Å². The number of hydrogen-bond donors (Lipinski definition) is 1. The summed E-state index contributed by atoms with van der Waals surface area (Å²) in [7, 11) is 0. The Morgan fingerprint density at radius 2 is 2.08 bits per heavy atom. The Morgan fingerprint density at radius 3 is 2.62 bits per heavy atom. The van der Waals surface area contributed by atoms with Gasteiger partial charge in [-0.3, -0.25) is 0 Å². The number of nitrogens with one attached hydrogen (secondary N) is 1. The van der Waals surface area contributed by atoms with Crippen LogP contribution in [0.5, 0.6) is 5.75 Å². The molecule has 1 saturated heterocycles. The minimum absolute atomic E-state index is 0.571. The fourth-order valence-electron chi connectivity index (χ4n) is 1.32. The Hall–Kier alpha value is -1.02. The molecule has 2 rings (SSSR count). The van der Waals surface area contributed by atoms with Gasteiger partial charge in [0.25, 0.3) is 0 Å². The van der Waals surface area contributed by atoms with Gasteiger partial charge in [0.1, 0.15) is 12.4 Å². The summed E-state index contributed by atoms with van der Waals surface area (Å²) in [5.41, 5.74) is 1.27. The summed E-state index contributed by atoms with van der Waals surface area (Å²) in [6.45, 7) is 4.02. The van der Waals surface area contributed by atoms with Gasteiger partial charge in [0, 0.05) is 6.04 Å². The second kappa shape index (κ2) is 3.79. The summed E-state index contributed by atoms with van der Waals surface area (Å²) in [6.07, 6.45) is 1.24. The summed E-state index contributed by atoms with van der Waals surface area (Å²) in [5.74, 6) is 0.972. The lowest BCUT2D eigenvalue weighted by Gasteiger charge is -2.27. The number of rotatable bonds is 3. The number of aryl methyl sites for hydroxylation is 1. The third-order valence-corrected chi connectivity index (χ3v) is 2.40. The average Bonchev–Trinajstić information content (AvgIpc) is 2.05. The molecule has 1 aromatic rings. The van der Waals surface area contributed by atoms with Gasteiger partial charge < -0.3 is 10.1 Å². The van der Waals surface area contributed by atoms with Crippen LogP contribution < -0.4 is 10.1 Å². The molecule has 1 aromatic carbocycles. The van der Waals surface area contributed by atoms with Crippen molar-refractivity contribution in [3.63, 3.8) is 0 Å². The second-order valence-electron chi connectivity index (χ2n) is 3.56. The van der Waals surface area contributed by atoms with E-state index in [-0.39, 0.29) is 0 Å². The van der Waals surface area contributed by atoms with Crippen LogP contribution in [0.3, 0.4) is 0 Å². The van der Waals surface area contributed by atoms with Crippen LogP contribution in [0.25, 0.3) is 0 Å². The molecule has 0 aliphatic carbocycles. The third-order valence-electron chi connectivity index (χ3n) is 2.40. The lowest BCUT2D eigenvalue weighted by atomic mass is 10.1. The maximum absolute atomic E-state index is 5.60. The third kappa shape index (κ3) is 2.22. The van der Waals surface area contributed by atoms with Crippen LogP contribution in [-0.4, -0.2) is 19.2 Å². The van der Waals surface area contributed by atoms with Gasteiger partial charge in [-0.25, -0.2) is 0 Å². The van der Waals surface area contributed by atoms with Gasteiger partial charge in [-0.05, 0) is 32.0 Å². The lowest BCUT2D eigenvalue weighted by Crippen LogP contribution is -2.46. The second-order valence-corrected chi connectivity index (χ2v) is 3.56. The van der Waals surface area contributed by atoms with Crippen LogP contribution in [-0.2, 0) is 0 Å². The van der Waals surface area contributed by atoms with Crippen LogP contribution in [0.2, 0.25) is 0 Å². The van der Waals surface area contributed by atoms with Crippen molar-refractivity contribution in [3.8, 4) is 5.75 Å². The van der Waals surface area contributed by atoms with Gasteiger partial charge in [-0.2, -0.15) is 0 Å². The van der Waals surface area contributed by atoms with Gasteiger partial charge in [0.2, 0.25) is 0 Å². The maximum Gasteiger partial charge on any atom is 0.119 e. The van der Waals surface area contributed by atoms with E-state index < -0.39 is 0 Å². The van der Waals surface area contributed by atoms with Crippen LogP contribution in [0.15, 0.2) is 24.3 Å². The summed E-state index contributed by atoms with van der Waals surface area (Å²) in [5, 5.41) is 3.30. The molecule has 0 amide bonds. The zero-order chi connectivity index (χ0) is 9.10. The number of benzene rings is 1. The minimum atomic E-state index is 0.571. The summed E-state index contributed by atoms with van der Waals surface area (Å²) in [6, 6.07) is 8.76. The molecule has 0 aromatic heterocycles. The van der Waals surface area contributed by atoms with E-state index in [4.69, 9.17) is 4.74 Å². The first-order valence-electron chi connectivity index (χ1n) is 4.77. The van der Waals surface area contributed by atoms with E-state index >= 15 is 0 Å². The summed E-state index contributed by atoms with van der Waals surface area (Å²) >= 11 is 0. The van der Waals surface area contributed by atoms with Crippen molar-refractivity contribution >= 4 is 0 Å². The lowest BCUT2D eigenvalue weighted by molar-refractivity contribution is 0.217. The van der Waals surface area contributed by atoms with Gasteiger partial charge in [-0.1, -0.05) is 17.7 Å². The van der Waals surface area contributed by atoms with E-state index in [1.54, 1.807) is 0 Å². The van der Waals surface area contributed by atoms with E-state index in [1.807, 2.05) is 12.1 Å². The molecule has 0 radical (unpaired) electrons. The molecule has 1 unspecified atom stereocenters. The van der Waals surface area contributed by atoms with Crippen molar-refractivity contribution < 1.29 is 4.74 Å². The fraction of sp³-hybridized carbons (Fsp3) is 0.455. The SMILES string of the molecule is Cc1ccc(OCC2CCN2)cc1. The Morgan fingerprint density at radius 1 is 1.38 bits per heavy atom. The molecular formula is C11H15NO. The van der Waals surface area contributed by atoms with Gasteiger partial charge in [0.05, 0.1) is 0 Å². The Labute approximate surface area is 78.9 Å². The van der Waals surface area contributed by atoms with Crippen molar-refractivity contribution in [3.05, 3.63) is 29.8 Å². The molecule has 1 fully saturated rings. The zero-order valence-corrected chi connectivity index (χ0v) is 7.92. The van der Waals surface area contributed by atoms with Crippen molar-refractivity contribution in [1.82, 2.24) is 5.32 Å². The first-order valence-corrected chi connectivity index (χ1v) is 4.77. The van der Waals surface area contributed by atoms with Crippen molar-refractivity contribution in [1.29, 1.82) is 0 Å². The molecule has 70 valence electrons. The molecule has 0 saturated carbocycles. The van der Waals surface area contributed by atoms with Crippen molar-refractivity contribution in [2.75, 3.05) is 13.2 Å². The van der Waals surface area contributed by atoms with E-state index in [1.165, 1.54) is 12.0 Å².